The van der Waals surface area contributed by atoms with E-state index in [0.717, 1.165) is 24.4 Å². The van der Waals surface area contributed by atoms with Gasteiger partial charge in [-0.15, -0.1) is 0 Å². The largest absolute Gasteiger partial charge is 0.361 e. The first-order valence-corrected chi connectivity index (χ1v) is 8.41. The Bertz CT molecular complexity index is 662. The number of hydrogen-bond acceptors (Lipinski definition) is 3. The molecule has 0 fully saturated rings. The summed E-state index contributed by atoms with van der Waals surface area (Å²) < 4.78 is 26.9. The molecule has 0 spiro atoms. The van der Waals surface area contributed by atoms with E-state index >= 15 is 0 Å². The van der Waals surface area contributed by atoms with Crippen LogP contribution < -0.4 is 5.32 Å². The molecule has 2 unspecified atom stereocenters. The lowest BCUT2D eigenvalue weighted by molar-refractivity contribution is 0.340. The highest BCUT2D eigenvalue weighted by molar-refractivity contribution is 5.69. The van der Waals surface area contributed by atoms with Crippen LogP contribution >= 0.6 is 0 Å². The van der Waals surface area contributed by atoms with Gasteiger partial charge in [-0.1, -0.05) is 13.8 Å². The van der Waals surface area contributed by atoms with Crippen molar-refractivity contribution in [2.24, 2.45) is 16.8 Å². The molecule has 1 aromatic carbocycles. The minimum absolute atomic E-state index is 0.00608. The van der Waals surface area contributed by atoms with Crippen LogP contribution in [0.4, 0.5) is 14.5 Å². The summed E-state index contributed by atoms with van der Waals surface area (Å²) in [7, 11) is 0. The van der Waals surface area contributed by atoms with Crippen molar-refractivity contribution < 1.29 is 8.78 Å². The van der Waals surface area contributed by atoms with Gasteiger partial charge in [0.2, 0.25) is 0 Å². The molecule has 0 saturated heterocycles. The number of halogens is 2. The Morgan fingerprint density at radius 2 is 2.00 bits per heavy atom. The average Bonchev–Trinajstić information content (AvgIpc) is 2.55. The number of aliphatic imine (C=N–C) groups is 1. The number of rotatable bonds is 5. The number of hydrogen-bond donors (Lipinski definition) is 1. The molecule has 2 atom stereocenters. The highest BCUT2D eigenvalue weighted by Gasteiger charge is 2.28. The van der Waals surface area contributed by atoms with Crippen molar-refractivity contribution in [1.29, 1.82) is 0 Å². The normalized spacial score (nSPS) is 23.0. The van der Waals surface area contributed by atoms with E-state index in [-0.39, 0.29) is 23.7 Å². The van der Waals surface area contributed by atoms with E-state index in [1.54, 1.807) is 18.3 Å². The van der Waals surface area contributed by atoms with Crippen LogP contribution in [-0.2, 0) is 0 Å². The average molecular weight is 331 g/mol. The van der Waals surface area contributed by atoms with Crippen molar-refractivity contribution in [3.63, 3.8) is 0 Å². The summed E-state index contributed by atoms with van der Waals surface area (Å²) in [4.78, 5) is 6.48. The summed E-state index contributed by atoms with van der Waals surface area (Å²) in [6.45, 7) is 5.12. The molecular weight excluding hydrogens is 308 g/mol. The zero-order valence-corrected chi connectivity index (χ0v) is 14.0. The maximum Gasteiger partial charge on any atom is 0.139 e. The van der Waals surface area contributed by atoms with Gasteiger partial charge in [-0.3, -0.25) is 4.99 Å². The van der Waals surface area contributed by atoms with E-state index in [4.69, 9.17) is 0 Å². The van der Waals surface area contributed by atoms with Crippen LogP contribution in [0.5, 0.6) is 0 Å². The molecule has 0 saturated carbocycles. The van der Waals surface area contributed by atoms with E-state index in [0.29, 0.717) is 12.3 Å². The second kappa shape index (κ2) is 7.16. The third-order valence-corrected chi connectivity index (χ3v) is 4.28. The second-order valence-corrected chi connectivity index (χ2v) is 6.75. The number of dihydropyridines is 1. The summed E-state index contributed by atoms with van der Waals surface area (Å²) in [6.07, 6.45) is 6.62. The van der Waals surface area contributed by atoms with Gasteiger partial charge in [0.25, 0.3) is 0 Å². The monoisotopic (exact) mass is 331 g/mol. The number of benzene rings is 1. The standard InChI is InChI=1S/C19H23F2N3/c1-13(2)7-8-24-12-16(21)9-14-11-22-19(10-18(14)24)23-17-5-3-15(20)4-6-17/h3-6,10-14,19,23H,7-9H2,1-2H3. The quantitative estimate of drug-likeness (QED) is 0.846. The third-order valence-electron chi connectivity index (χ3n) is 4.28. The topological polar surface area (TPSA) is 27.6 Å². The summed E-state index contributed by atoms with van der Waals surface area (Å²) in [6, 6.07) is 6.20. The molecule has 128 valence electrons. The minimum atomic E-state index is -0.265. The van der Waals surface area contributed by atoms with E-state index in [1.165, 1.54) is 12.1 Å². The first kappa shape index (κ1) is 16.7. The van der Waals surface area contributed by atoms with Gasteiger partial charge in [-0.05, 0) is 42.7 Å². The highest BCUT2D eigenvalue weighted by atomic mass is 19.1. The molecular formula is C19H23F2N3. The van der Waals surface area contributed by atoms with Crippen LogP contribution in [0.15, 0.2) is 53.1 Å². The Balaban J connectivity index is 1.75. The lowest BCUT2D eigenvalue weighted by atomic mass is 9.94. The molecule has 0 amide bonds. The predicted octanol–water partition coefficient (Wildman–Crippen LogP) is 4.71. The molecule has 2 aliphatic heterocycles. The highest BCUT2D eigenvalue weighted by Crippen LogP contribution is 2.32. The van der Waals surface area contributed by atoms with E-state index < -0.39 is 0 Å². The first-order chi connectivity index (χ1) is 11.5. The summed E-state index contributed by atoms with van der Waals surface area (Å²) in [5, 5.41) is 3.26. The summed E-state index contributed by atoms with van der Waals surface area (Å²) >= 11 is 0. The fraction of sp³-hybridized carbons (Fsp3) is 0.421. The Kier molecular flexibility index (Phi) is 4.97. The molecule has 3 nitrogen and oxygen atoms in total. The van der Waals surface area contributed by atoms with Gasteiger partial charge in [-0.2, -0.15) is 0 Å². The van der Waals surface area contributed by atoms with Crippen molar-refractivity contribution in [3.05, 3.63) is 53.9 Å². The van der Waals surface area contributed by atoms with Crippen LogP contribution in [0, 0.1) is 17.7 Å². The van der Waals surface area contributed by atoms with Crippen molar-refractivity contribution in [2.45, 2.75) is 32.9 Å². The Hall–Kier alpha value is -2.17. The van der Waals surface area contributed by atoms with Crippen molar-refractivity contribution >= 4 is 11.9 Å². The van der Waals surface area contributed by atoms with Crippen LogP contribution in [0.2, 0.25) is 0 Å². The van der Waals surface area contributed by atoms with Gasteiger partial charge in [0.1, 0.15) is 17.8 Å². The van der Waals surface area contributed by atoms with Crippen LogP contribution in [-0.4, -0.2) is 23.8 Å². The van der Waals surface area contributed by atoms with Gasteiger partial charge in [-0.25, -0.2) is 8.78 Å². The van der Waals surface area contributed by atoms with E-state index in [1.807, 2.05) is 17.2 Å². The lowest BCUT2D eigenvalue weighted by Gasteiger charge is -2.35. The Morgan fingerprint density at radius 1 is 1.25 bits per heavy atom. The van der Waals surface area contributed by atoms with Crippen molar-refractivity contribution in [1.82, 2.24) is 4.90 Å². The molecule has 5 heteroatoms. The summed E-state index contributed by atoms with van der Waals surface area (Å²) in [5.41, 5.74) is 1.90. The van der Waals surface area contributed by atoms with Gasteiger partial charge in [0.05, 0.1) is 0 Å². The molecule has 0 radical (unpaired) electrons. The van der Waals surface area contributed by atoms with Crippen molar-refractivity contribution in [2.75, 3.05) is 11.9 Å². The Morgan fingerprint density at radius 3 is 2.71 bits per heavy atom. The van der Waals surface area contributed by atoms with Crippen LogP contribution in [0.3, 0.4) is 0 Å². The Labute approximate surface area is 141 Å². The molecule has 0 bridgehead atoms. The van der Waals surface area contributed by atoms with E-state index in [9.17, 15) is 8.78 Å². The zero-order chi connectivity index (χ0) is 17.1. The zero-order valence-electron chi connectivity index (χ0n) is 14.0. The third kappa shape index (κ3) is 4.02. The molecule has 3 rings (SSSR count). The van der Waals surface area contributed by atoms with Gasteiger partial charge >= 0.3 is 0 Å². The number of allylic oxidation sites excluding steroid dienone is 2. The van der Waals surface area contributed by atoms with Gasteiger partial charge in [0.15, 0.2) is 0 Å². The number of anilines is 1. The summed E-state index contributed by atoms with van der Waals surface area (Å²) in [5.74, 6) is 0.192. The van der Waals surface area contributed by atoms with Crippen molar-refractivity contribution in [3.8, 4) is 0 Å². The fourth-order valence-electron chi connectivity index (χ4n) is 2.96. The SMILES string of the molecule is CC(C)CCN1C=C(F)CC2C=NC(Nc3ccc(F)cc3)C=C21. The maximum atomic E-state index is 13.9. The molecule has 1 aromatic rings. The fourth-order valence-corrected chi connectivity index (χ4v) is 2.96. The molecule has 2 aliphatic rings. The molecule has 24 heavy (non-hydrogen) atoms. The van der Waals surface area contributed by atoms with Gasteiger partial charge < -0.3 is 10.2 Å². The first-order valence-electron chi connectivity index (χ1n) is 8.41. The smallest absolute Gasteiger partial charge is 0.139 e. The predicted molar refractivity (Wildman–Crippen MR) is 93.8 cm³/mol. The number of nitrogens with one attached hydrogen (secondary N) is 1. The lowest BCUT2D eigenvalue weighted by Crippen LogP contribution is -2.34. The maximum absolute atomic E-state index is 13.9. The molecule has 1 N–H and O–H groups in total. The number of fused-ring (bicyclic) bond motifs is 1. The molecule has 2 heterocycles. The molecule has 0 aromatic heterocycles. The van der Waals surface area contributed by atoms with Gasteiger partial charge in [0, 0.05) is 42.7 Å². The number of nitrogens with zero attached hydrogens (tertiary/aromatic N) is 2. The molecule has 0 aliphatic carbocycles. The van der Waals surface area contributed by atoms with Crippen LogP contribution in [0.1, 0.15) is 26.7 Å². The van der Waals surface area contributed by atoms with E-state index in [2.05, 4.69) is 24.2 Å². The van der Waals surface area contributed by atoms with Crippen LogP contribution in [0.25, 0.3) is 0 Å². The second-order valence-electron chi connectivity index (χ2n) is 6.75. The minimum Gasteiger partial charge on any atom is -0.361 e.